The van der Waals surface area contributed by atoms with Crippen molar-refractivity contribution >= 4 is 8.30 Å². The van der Waals surface area contributed by atoms with E-state index in [4.69, 9.17) is 18.7 Å². The number of methoxy groups -OCH3 is 1. The number of fused-ring (bicyclic) bond motifs is 2. The van der Waals surface area contributed by atoms with E-state index >= 15 is 0 Å². The lowest BCUT2D eigenvalue weighted by atomic mass is 9.96. The maximum atomic E-state index is 6.69. The van der Waals surface area contributed by atoms with E-state index < -0.39 is 8.30 Å². The normalized spacial score (nSPS) is 35.0. The molecule has 0 saturated carbocycles. The van der Waals surface area contributed by atoms with Crippen LogP contribution < -0.4 is 0 Å². The maximum absolute atomic E-state index is 6.69. The molecule has 0 radical (unpaired) electrons. The average molecular weight is 347 g/mol. The van der Waals surface area contributed by atoms with E-state index in [-0.39, 0.29) is 23.9 Å². The summed E-state index contributed by atoms with van der Waals surface area (Å²) in [4.78, 5) is 0. The second kappa shape index (κ2) is 8.07. The summed E-state index contributed by atoms with van der Waals surface area (Å²) < 4.78 is 26.5. The zero-order valence-electron chi connectivity index (χ0n) is 15.7. The molecule has 136 valence electrons. The van der Waals surface area contributed by atoms with Gasteiger partial charge in [-0.1, -0.05) is 0 Å². The Kier molecular flexibility index (Phi) is 6.86. The first-order valence-electron chi connectivity index (χ1n) is 8.82. The van der Waals surface area contributed by atoms with E-state index in [0.717, 1.165) is 19.2 Å². The van der Waals surface area contributed by atoms with Gasteiger partial charge in [0.25, 0.3) is 0 Å². The number of rotatable bonds is 9. The van der Waals surface area contributed by atoms with Crippen LogP contribution in [-0.4, -0.2) is 67.2 Å². The van der Waals surface area contributed by atoms with Gasteiger partial charge in [-0.05, 0) is 48.0 Å². The fourth-order valence-electron chi connectivity index (χ4n) is 3.64. The average Bonchev–Trinajstić information content (AvgIpc) is 2.87. The van der Waals surface area contributed by atoms with Gasteiger partial charge in [-0.3, -0.25) is 4.67 Å². The van der Waals surface area contributed by atoms with E-state index in [2.05, 4.69) is 46.2 Å². The van der Waals surface area contributed by atoms with E-state index in [1.807, 2.05) is 0 Å². The molecule has 0 aromatic carbocycles. The zero-order chi connectivity index (χ0) is 17.2. The van der Waals surface area contributed by atoms with Crippen molar-refractivity contribution in [3.63, 3.8) is 0 Å². The Morgan fingerprint density at radius 3 is 2.35 bits per heavy atom. The molecule has 2 aliphatic rings. The fraction of sp³-hybridized carbons (Fsp3) is 1.00. The van der Waals surface area contributed by atoms with E-state index in [1.54, 1.807) is 7.11 Å². The summed E-state index contributed by atoms with van der Waals surface area (Å²) >= 11 is 0. The second-order valence-electron chi connectivity index (χ2n) is 7.33. The first-order chi connectivity index (χ1) is 10.8. The van der Waals surface area contributed by atoms with Crippen LogP contribution in [0.15, 0.2) is 0 Å². The molecular formula is C17H34NO4P. The Balaban J connectivity index is 2.11. The molecule has 0 aliphatic carbocycles. The molecule has 6 heteroatoms. The Hall–Kier alpha value is 0.230. The summed E-state index contributed by atoms with van der Waals surface area (Å²) in [5.41, 5.74) is -0.313. The predicted octanol–water partition coefficient (Wildman–Crippen LogP) is 3.42. The highest BCUT2D eigenvalue weighted by molar-refractivity contribution is 7.50. The SMILES string of the molecule is COCCCP(O[C@H]1[C@@H]2CO[C@@]1(C)[C@H](C)O2)N(C(C)C)C(C)C. The summed E-state index contributed by atoms with van der Waals surface area (Å²) in [6.07, 6.45) is 2.24. The van der Waals surface area contributed by atoms with Gasteiger partial charge in [0.15, 0.2) is 0 Å². The maximum Gasteiger partial charge on any atom is 0.123 e. The summed E-state index contributed by atoms with van der Waals surface area (Å²) in [5.74, 6) is 0. The minimum Gasteiger partial charge on any atom is -0.385 e. The summed E-state index contributed by atoms with van der Waals surface area (Å²) in [6, 6.07) is 0.907. The van der Waals surface area contributed by atoms with Crippen LogP contribution in [0.2, 0.25) is 0 Å². The summed E-state index contributed by atoms with van der Waals surface area (Å²) in [5, 5.41) is 0. The van der Waals surface area contributed by atoms with Crippen LogP contribution in [0.3, 0.4) is 0 Å². The van der Waals surface area contributed by atoms with Crippen molar-refractivity contribution in [2.45, 2.75) is 84.0 Å². The predicted molar refractivity (Wildman–Crippen MR) is 94.0 cm³/mol. The molecule has 2 rings (SSSR count). The number of nitrogens with zero attached hydrogens (tertiary/aromatic N) is 1. The molecular weight excluding hydrogens is 313 g/mol. The van der Waals surface area contributed by atoms with Crippen molar-refractivity contribution in [2.24, 2.45) is 0 Å². The van der Waals surface area contributed by atoms with Crippen LogP contribution in [0.5, 0.6) is 0 Å². The van der Waals surface area contributed by atoms with E-state index in [9.17, 15) is 0 Å². The van der Waals surface area contributed by atoms with E-state index in [0.29, 0.717) is 18.7 Å². The van der Waals surface area contributed by atoms with Crippen molar-refractivity contribution in [1.29, 1.82) is 0 Å². The molecule has 0 spiro atoms. The van der Waals surface area contributed by atoms with Crippen LogP contribution in [0.1, 0.15) is 48.0 Å². The van der Waals surface area contributed by atoms with Crippen molar-refractivity contribution in [3.05, 3.63) is 0 Å². The molecule has 2 heterocycles. The smallest absolute Gasteiger partial charge is 0.123 e. The molecule has 0 amide bonds. The second-order valence-corrected chi connectivity index (χ2v) is 9.15. The standard InChI is InChI=1S/C17H34NO4P/c1-12(2)18(13(3)4)23(10-8-9-19-7)22-16-15-11-20-17(16,6)14(5)21-15/h12-16H,8-11H2,1-7H3/t14-,15-,16-,17-,23?/m0/s1. The highest BCUT2D eigenvalue weighted by Crippen LogP contribution is 2.53. The lowest BCUT2D eigenvalue weighted by Gasteiger charge is -2.40. The molecule has 23 heavy (non-hydrogen) atoms. The number of ether oxygens (including phenoxy) is 3. The van der Waals surface area contributed by atoms with Crippen LogP contribution in [0.25, 0.3) is 0 Å². The summed E-state index contributed by atoms with van der Waals surface area (Å²) in [6.45, 7) is 14.6. The third kappa shape index (κ3) is 4.08. The van der Waals surface area contributed by atoms with Gasteiger partial charge in [0.05, 0.1) is 12.7 Å². The lowest BCUT2D eigenvalue weighted by molar-refractivity contribution is -0.132. The number of hydrogen-bond acceptors (Lipinski definition) is 5. The van der Waals surface area contributed by atoms with Crippen molar-refractivity contribution < 1.29 is 18.7 Å². The Labute approximate surface area is 142 Å². The van der Waals surface area contributed by atoms with Gasteiger partial charge in [-0.15, -0.1) is 0 Å². The van der Waals surface area contributed by atoms with Gasteiger partial charge in [-0.2, -0.15) is 0 Å². The highest BCUT2D eigenvalue weighted by Gasteiger charge is 2.60. The Morgan fingerprint density at radius 2 is 1.91 bits per heavy atom. The topological polar surface area (TPSA) is 40.2 Å². The summed E-state index contributed by atoms with van der Waals surface area (Å²) in [7, 11) is 1.06. The largest absolute Gasteiger partial charge is 0.385 e. The minimum absolute atomic E-state index is 0.0335. The molecule has 2 saturated heterocycles. The molecule has 2 aliphatic heterocycles. The Morgan fingerprint density at radius 1 is 1.26 bits per heavy atom. The monoisotopic (exact) mass is 347 g/mol. The van der Waals surface area contributed by atoms with Crippen LogP contribution >= 0.6 is 8.30 Å². The number of hydrogen-bond donors (Lipinski definition) is 0. The first-order valence-corrected chi connectivity index (χ1v) is 10.2. The molecule has 0 N–H and O–H groups in total. The van der Waals surface area contributed by atoms with Gasteiger partial charge >= 0.3 is 0 Å². The van der Waals surface area contributed by atoms with Crippen LogP contribution in [0, 0.1) is 0 Å². The Bertz CT molecular complexity index is 374. The minimum atomic E-state index is -0.696. The van der Waals surface area contributed by atoms with Crippen molar-refractivity contribution in [2.75, 3.05) is 26.5 Å². The molecule has 5 nitrogen and oxygen atoms in total. The fourth-order valence-corrected chi connectivity index (χ4v) is 6.12. The van der Waals surface area contributed by atoms with E-state index in [1.165, 1.54) is 0 Å². The van der Waals surface area contributed by atoms with Gasteiger partial charge < -0.3 is 18.7 Å². The van der Waals surface area contributed by atoms with Gasteiger partial charge in [-0.25, -0.2) is 0 Å². The zero-order valence-corrected chi connectivity index (χ0v) is 16.6. The van der Waals surface area contributed by atoms with Crippen LogP contribution in [0.4, 0.5) is 0 Å². The third-order valence-electron chi connectivity index (χ3n) is 4.90. The van der Waals surface area contributed by atoms with Crippen molar-refractivity contribution in [3.8, 4) is 0 Å². The van der Waals surface area contributed by atoms with Gasteiger partial charge in [0, 0.05) is 32.0 Å². The third-order valence-corrected chi connectivity index (χ3v) is 7.50. The molecule has 1 unspecified atom stereocenters. The first kappa shape index (κ1) is 19.6. The highest BCUT2D eigenvalue weighted by atomic mass is 31.2. The molecule has 2 fully saturated rings. The van der Waals surface area contributed by atoms with Gasteiger partial charge in [0.1, 0.15) is 26.1 Å². The molecule has 0 aromatic heterocycles. The van der Waals surface area contributed by atoms with Crippen molar-refractivity contribution in [1.82, 2.24) is 4.67 Å². The van der Waals surface area contributed by atoms with Crippen LogP contribution in [-0.2, 0) is 18.7 Å². The lowest BCUT2D eigenvalue weighted by Crippen LogP contribution is -2.44. The quantitative estimate of drug-likeness (QED) is 0.472. The molecule has 0 aromatic rings. The molecule has 2 bridgehead atoms. The van der Waals surface area contributed by atoms with Gasteiger partial charge in [0.2, 0.25) is 0 Å². The molecule has 5 atom stereocenters.